The first-order valence-corrected chi connectivity index (χ1v) is 7.33. The van der Waals surface area contributed by atoms with E-state index in [2.05, 4.69) is 27.7 Å². The number of imidazole rings is 1. The molecule has 1 fully saturated rings. The van der Waals surface area contributed by atoms with Gasteiger partial charge in [-0.15, -0.1) is 37.2 Å². The largest absolute Gasteiger partial charge is 0.379 e. The van der Waals surface area contributed by atoms with Crippen molar-refractivity contribution in [3.8, 4) is 0 Å². The average Bonchev–Trinajstić information content (AvgIpc) is 2.84. The van der Waals surface area contributed by atoms with Crippen LogP contribution in [0.1, 0.15) is 5.82 Å². The zero-order chi connectivity index (χ0) is 13.8. The molecule has 1 saturated heterocycles. The normalized spacial score (nSPS) is 14.7. The van der Waals surface area contributed by atoms with E-state index >= 15 is 0 Å². The number of aromatic nitrogens is 2. The molecule has 0 amide bonds. The second kappa shape index (κ2) is 11.1. The molecule has 1 aliphatic rings. The summed E-state index contributed by atoms with van der Waals surface area (Å²) in [6.45, 7) is 6.40. The van der Waals surface area contributed by atoms with Crippen molar-refractivity contribution in [1.29, 1.82) is 0 Å². The third-order valence-electron chi connectivity index (χ3n) is 3.85. The number of benzene rings is 1. The zero-order valence-corrected chi connectivity index (χ0v) is 15.5. The number of ether oxygens (including phenoxy) is 1. The monoisotopic (exact) mass is 382 g/mol. The summed E-state index contributed by atoms with van der Waals surface area (Å²) in [7, 11) is 0. The van der Waals surface area contributed by atoms with Crippen molar-refractivity contribution in [2.75, 3.05) is 39.4 Å². The highest BCUT2D eigenvalue weighted by Gasteiger charge is 2.13. The van der Waals surface area contributed by atoms with E-state index in [0.29, 0.717) is 6.54 Å². The van der Waals surface area contributed by atoms with E-state index in [1.165, 1.54) is 5.52 Å². The molecule has 0 saturated carbocycles. The second-order valence-electron chi connectivity index (χ2n) is 5.16. The molecule has 0 unspecified atom stereocenters. The molecule has 1 aliphatic heterocycles. The van der Waals surface area contributed by atoms with Crippen LogP contribution in [0, 0.1) is 0 Å². The first kappa shape index (κ1) is 22.4. The Hall–Kier alpha value is -0.560. The number of para-hydroxylation sites is 2. The molecular weight excluding hydrogens is 359 g/mol. The van der Waals surface area contributed by atoms with Gasteiger partial charge in [-0.05, 0) is 18.7 Å². The summed E-state index contributed by atoms with van der Waals surface area (Å²) >= 11 is 0. The Morgan fingerprint density at radius 2 is 1.74 bits per heavy atom. The van der Waals surface area contributed by atoms with Gasteiger partial charge < -0.3 is 15.0 Å². The van der Waals surface area contributed by atoms with Crippen LogP contribution in [-0.2, 0) is 17.7 Å². The van der Waals surface area contributed by atoms with Crippen molar-refractivity contribution in [2.45, 2.75) is 13.0 Å². The van der Waals surface area contributed by atoms with Gasteiger partial charge in [-0.3, -0.25) is 4.90 Å². The molecule has 0 radical (unpaired) electrons. The van der Waals surface area contributed by atoms with Crippen molar-refractivity contribution in [1.82, 2.24) is 14.5 Å². The average molecular weight is 384 g/mol. The van der Waals surface area contributed by atoms with E-state index in [-0.39, 0.29) is 37.2 Å². The molecule has 23 heavy (non-hydrogen) atoms. The molecule has 0 bridgehead atoms. The molecule has 0 aliphatic carbocycles. The Morgan fingerprint density at radius 3 is 2.43 bits per heavy atom. The summed E-state index contributed by atoms with van der Waals surface area (Å²) in [5.41, 5.74) is 7.99. The van der Waals surface area contributed by atoms with E-state index < -0.39 is 0 Å². The van der Waals surface area contributed by atoms with E-state index in [0.717, 1.165) is 57.2 Å². The third-order valence-corrected chi connectivity index (χ3v) is 3.85. The number of nitrogens with zero attached hydrogens (tertiary/aromatic N) is 3. The fourth-order valence-corrected chi connectivity index (χ4v) is 2.76. The lowest BCUT2D eigenvalue weighted by Gasteiger charge is -2.27. The van der Waals surface area contributed by atoms with Gasteiger partial charge in [0.2, 0.25) is 0 Å². The van der Waals surface area contributed by atoms with Crippen LogP contribution in [0.15, 0.2) is 24.3 Å². The summed E-state index contributed by atoms with van der Waals surface area (Å²) in [4.78, 5) is 7.15. The summed E-state index contributed by atoms with van der Waals surface area (Å²) in [5, 5.41) is 0. The minimum atomic E-state index is 0. The minimum Gasteiger partial charge on any atom is -0.379 e. The molecular formula is C15H25Cl3N4O. The van der Waals surface area contributed by atoms with Crippen LogP contribution < -0.4 is 5.73 Å². The lowest BCUT2D eigenvalue weighted by Crippen LogP contribution is -2.38. The van der Waals surface area contributed by atoms with E-state index in [1.807, 2.05) is 6.07 Å². The van der Waals surface area contributed by atoms with Gasteiger partial charge in [-0.25, -0.2) is 4.98 Å². The molecule has 3 rings (SSSR count). The smallest absolute Gasteiger partial charge is 0.111 e. The Morgan fingerprint density at radius 1 is 1.04 bits per heavy atom. The zero-order valence-electron chi connectivity index (χ0n) is 13.0. The van der Waals surface area contributed by atoms with Crippen LogP contribution in [0.2, 0.25) is 0 Å². The van der Waals surface area contributed by atoms with E-state index in [1.54, 1.807) is 0 Å². The minimum absolute atomic E-state index is 0. The van der Waals surface area contributed by atoms with Gasteiger partial charge in [0, 0.05) is 32.6 Å². The fourth-order valence-electron chi connectivity index (χ4n) is 2.76. The Kier molecular flexibility index (Phi) is 10.8. The molecule has 2 heterocycles. The van der Waals surface area contributed by atoms with Crippen LogP contribution in [0.5, 0.6) is 0 Å². The molecule has 1 aromatic carbocycles. The molecule has 1 aromatic heterocycles. The lowest BCUT2D eigenvalue weighted by molar-refractivity contribution is 0.0364. The maximum absolute atomic E-state index is 5.71. The SMILES string of the molecule is Cl.Cl.Cl.NCCc1nc2ccccc2n1CCN1CCOCC1. The number of rotatable bonds is 5. The topological polar surface area (TPSA) is 56.3 Å². The number of hydrogen-bond donors (Lipinski definition) is 1. The maximum Gasteiger partial charge on any atom is 0.111 e. The lowest BCUT2D eigenvalue weighted by atomic mass is 10.3. The van der Waals surface area contributed by atoms with Crippen molar-refractivity contribution in [3.63, 3.8) is 0 Å². The number of morpholine rings is 1. The van der Waals surface area contributed by atoms with Crippen molar-refractivity contribution in [3.05, 3.63) is 30.1 Å². The highest BCUT2D eigenvalue weighted by atomic mass is 35.5. The summed E-state index contributed by atoms with van der Waals surface area (Å²) in [6.07, 6.45) is 0.831. The van der Waals surface area contributed by atoms with Gasteiger partial charge in [0.05, 0.1) is 24.2 Å². The van der Waals surface area contributed by atoms with Crippen molar-refractivity contribution >= 4 is 48.3 Å². The Balaban J connectivity index is 0.00000161. The summed E-state index contributed by atoms with van der Waals surface area (Å²) in [5.74, 6) is 1.10. The first-order chi connectivity index (χ1) is 9.88. The van der Waals surface area contributed by atoms with Crippen LogP contribution in [0.4, 0.5) is 0 Å². The molecule has 0 atom stereocenters. The number of fused-ring (bicyclic) bond motifs is 1. The van der Waals surface area contributed by atoms with Gasteiger partial charge in [-0.1, -0.05) is 12.1 Å². The Labute approximate surface area is 155 Å². The Bertz CT molecular complexity index is 573. The van der Waals surface area contributed by atoms with Crippen molar-refractivity contribution in [2.24, 2.45) is 5.73 Å². The van der Waals surface area contributed by atoms with Gasteiger partial charge in [0.25, 0.3) is 0 Å². The molecule has 2 aromatic rings. The van der Waals surface area contributed by atoms with Crippen LogP contribution >= 0.6 is 37.2 Å². The molecule has 5 nitrogen and oxygen atoms in total. The summed E-state index contributed by atoms with van der Waals surface area (Å²) in [6, 6.07) is 8.32. The predicted octanol–water partition coefficient (Wildman–Crippen LogP) is 2.14. The highest BCUT2D eigenvalue weighted by Crippen LogP contribution is 2.16. The molecule has 8 heteroatoms. The van der Waals surface area contributed by atoms with Gasteiger partial charge >= 0.3 is 0 Å². The quantitative estimate of drug-likeness (QED) is 0.859. The van der Waals surface area contributed by atoms with Crippen molar-refractivity contribution < 1.29 is 4.74 Å². The molecule has 0 spiro atoms. The molecule has 2 N–H and O–H groups in total. The standard InChI is InChI=1S/C15H22N4O.3ClH/c16-6-5-15-17-13-3-1-2-4-14(13)19(15)8-7-18-9-11-20-12-10-18;;;/h1-4H,5-12,16H2;3*1H. The molecule has 132 valence electrons. The first-order valence-electron chi connectivity index (χ1n) is 7.33. The number of nitrogens with two attached hydrogens (primary N) is 1. The second-order valence-corrected chi connectivity index (χ2v) is 5.16. The highest BCUT2D eigenvalue weighted by molar-refractivity contribution is 5.86. The number of halogens is 3. The van der Waals surface area contributed by atoms with Gasteiger partial charge in [0.1, 0.15) is 5.82 Å². The van der Waals surface area contributed by atoms with Gasteiger partial charge in [-0.2, -0.15) is 0 Å². The predicted molar refractivity (Wildman–Crippen MR) is 101 cm³/mol. The maximum atomic E-state index is 5.71. The van der Waals surface area contributed by atoms with Crippen LogP contribution in [0.3, 0.4) is 0 Å². The van der Waals surface area contributed by atoms with Crippen LogP contribution in [0.25, 0.3) is 11.0 Å². The fraction of sp³-hybridized carbons (Fsp3) is 0.533. The van der Waals surface area contributed by atoms with Gasteiger partial charge in [0.15, 0.2) is 0 Å². The van der Waals surface area contributed by atoms with Crippen LogP contribution in [-0.4, -0.2) is 53.8 Å². The van der Waals surface area contributed by atoms with E-state index in [9.17, 15) is 0 Å². The number of hydrogen-bond acceptors (Lipinski definition) is 4. The summed E-state index contributed by atoms with van der Waals surface area (Å²) < 4.78 is 7.71. The van der Waals surface area contributed by atoms with E-state index in [4.69, 9.17) is 15.5 Å². The third kappa shape index (κ3) is 5.48.